The van der Waals surface area contributed by atoms with Gasteiger partial charge in [-0.3, -0.25) is 0 Å². The van der Waals surface area contributed by atoms with E-state index in [1.54, 1.807) is 55.4 Å². The maximum atomic E-state index is 10.4. The van der Waals surface area contributed by atoms with Gasteiger partial charge >= 0.3 is 11.9 Å². The van der Waals surface area contributed by atoms with Crippen LogP contribution in [0.25, 0.3) is 0 Å². The van der Waals surface area contributed by atoms with Crippen molar-refractivity contribution >= 4 is 11.9 Å². The van der Waals surface area contributed by atoms with E-state index in [2.05, 4.69) is 9.78 Å². The first kappa shape index (κ1) is 26.7. The Bertz CT molecular complexity index is 304. The van der Waals surface area contributed by atoms with Crippen LogP contribution >= 0.6 is 0 Å². The van der Waals surface area contributed by atoms with E-state index in [1.807, 2.05) is 0 Å². The maximum Gasteiger partial charge on any atom is 0.347 e. The predicted molar refractivity (Wildman–Crippen MR) is 84.3 cm³/mol. The molecule has 0 heterocycles. The number of hydrogen-bond donors (Lipinski definition) is 4. The number of hydrogen-bond acceptors (Lipinski definition) is 8. The molecule has 0 spiro atoms. The summed E-state index contributed by atoms with van der Waals surface area (Å²) >= 11 is 0. The molecule has 8 heteroatoms. The molecule has 0 saturated heterocycles. The first-order chi connectivity index (χ1) is 10.1. The Labute approximate surface area is 137 Å². The van der Waals surface area contributed by atoms with Gasteiger partial charge in [0.05, 0.1) is 24.0 Å². The molecule has 0 unspecified atom stereocenters. The first-order valence-corrected chi connectivity index (χ1v) is 7.02. The third-order valence-corrected chi connectivity index (χ3v) is 2.25. The smallest absolute Gasteiger partial charge is 0.347 e. The molecule has 0 fully saturated rings. The van der Waals surface area contributed by atoms with Crippen LogP contribution in [0, 0.1) is 16.2 Å². The van der Waals surface area contributed by atoms with Crippen LogP contribution in [-0.4, -0.2) is 45.9 Å². The zero-order chi connectivity index (χ0) is 19.5. The van der Waals surface area contributed by atoms with Crippen LogP contribution in [0.15, 0.2) is 0 Å². The van der Waals surface area contributed by atoms with E-state index in [0.29, 0.717) is 0 Å². The molecule has 0 radical (unpaired) electrons. The summed E-state index contributed by atoms with van der Waals surface area (Å²) in [5.74, 6) is -1.23. The van der Waals surface area contributed by atoms with Crippen LogP contribution < -0.4 is 0 Å². The highest BCUT2D eigenvalue weighted by Crippen LogP contribution is 2.14. The highest BCUT2D eigenvalue weighted by atomic mass is 17.1. The summed E-state index contributed by atoms with van der Waals surface area (Å²) in [5, 5.41) is 32.5. The number of aliphatic hydroxyl groups is 2. The average Bonchev–Trinajstić information content (AvgIpc) is 2.44. The van der Waals surface area contributed by atoms with Crippen molar-refractivity contribution in [2.75, 3.05) is 13.2 Å². The van der Waals surface area contributed by atoms with Crippen LogP contribution in [0.4, 0.5) is 0 Å². The molecule has 0 aliphatic rings. The van der Waals surface area contributed by atoms with Crippen LogP contribution in [0.2, 0.25) is 0 Å². The molecule has 0 aromatic carbocycles. The molecule has 0 aromatic heterocycles. The Morgan fingerprint density at radius 2 is 0.913 bits per heavy atom. The molecule has 0 rings (SSSR count). The van der Waals surface area contributed by atoms with Crippen molar-refractivity contribution in [3.8, 4) is 0 Å². The van der Waals surface area contributed by atoms with E-state index >= 15 is 0 Å². The van der Waals surface area contributed by atoms with Gasteiger partial charge in [0, 0.05) is 5.41 Å². The van der Waals surface area contributed by atoms with Gasteiger partial charge < -0.3 is 20.0 Å². The van der Waals surface area contributed by atoms with Crippen LogP contribution in [0.1, 0.15) is 55.4 Å². The van der Waals surface area contributed by atoms with E-state index in [9.17, 15) is 9.59 Å². The fourth-order valence-electron chi connectivity index (χ4n) is 0.324. The summed E-state index contributed by atoms with van der Waals surface area (Å²) in [5.41, 5.74) is -1.51. The first-order valence-electron chi connectivity index (χ1n) is 7.02. The number of aliphatic hydroxyl groups excluding tert-OH is 2. The molecule has 0 bridgehead atoms. The lowest BCUT2D eigenvalue weighted by atomic mass is 9.97. The summed E-state index contributed by atoms with van der Waals surface area (Å²) in [4.78, 5) is 27.7. The molecule has 140 valence electrons. The summed E-state index contributed by atoms with van der Waals surface area (Å²) in [6.07, 6.45) is 0. The lowest BCUT2D eigenvalue weighted by Gasteiger charge is -2.16. The van der Waals surface area contributed by atoms with Gasteiger partial charge in [-0.15, -0.1) is 0 Å². The molecule has 0 aliphatic carbocycles. The largest absolute Gasteiger partial charge is 0.396 e. The van der Waals surface area contributed by atoms with Crippen molar-refractivity contribution in [3.05, 3.63) is 0 Å². The molecular weight excluding hydrogens is 308 g/mol. The van der Waals surface area contributed by atoms with E-state index in [0.717, 1.165) is 0 Å². The third-order valence-electron chi connectivity index (χ3n) is 2.25. The second kappa shape index (κ2) is 11.3. The number of carbonyl (C=O) groups excluding carboxylic acids is 2. The summed E-state index contributed by atoms with van der Waals surface area (Å²) in [6.45, 7) is 13.6. The lowest BCUT2D eigenvalue weighted by Crippen LogP contribution is -2.21. The average molecular weight is 340 g/mol. The van der Waals surface area contributed by atoms with Crippen LogP contribution in [0.3, 0.4) is 0 Å². The van der Waals surface area contributed by atoms with Crippen molar-refractivity contribution in [2.24, 2.45) is 16.2 Å². The van der Waals surface area contributed by atoms with Crippen molar-refractivity contribution < 1.29 is 40.1 Å². The summed E-state index contributed by atoms with van der Waals surface area (Å²) in [7, 11) is 0. The minimum absolute atomic E-state index is 0.0451. The summed E-state index contributed by atoms with van der Waals surface area (Å²) in [6, 6.07) is 0. The third kappa shape index (κ3) is 17.0. The summed E-state index contributed by atoms with van der Waals surface area (Å²) < 4.78 is 0. The maximum absolute atomic E-state index is 10.4. The fraction of sp³-hybridized carbons (Fsp3) is 0.867. The van der Waals surface area contributed by atoms with Crippen LogP contribution in [0.5, 0.6) is 0 Å². The molecule has 0 saturated carbocycles. The SMILES string of the molecule is CC(C)(C)C(=O)OO.CC(C)(C)C(=O)OO.CC(C)(CO)CO. The van der Waals surface area contributed by atoms with Gasteiger partial charge in [0.2, 0.25) is 0 Å². The van der Waals surface area contributed by atoms with Crippen molar-refractivity contribution in [2.45, 2.75) is 55.4 Å². The quantitative estimate of drug-likeness (QED) is 0.443. The van der Waals surface area contributed by atoms with Gasteiger partial charge in [-0.25, -0.2) is 9.59 Å². The standard InChI is InChI=1S/2C5H10O3.C5H12O2/c2*1-5(2,3)4(6)8-7;1-5(2,3-6)4-7/h2*7H,1-3H3;6-7H,3-4H2,1-2H3. The molecule has 0 atom stereocenters. The van der Waals surface area contributed by atoms with Gasteiger partial charge in [-0.05, 0) is 41.5 Å². The topological polar surface area (TPSA) is 134 Å². The molecule has 0 amide bonds. The Hall–Kier alpha value is -1.22. The Morgan fingerprint density at radius 3 is 0.913 bits per heavy atom. The van der Waals surface area contributed by atoms with E-state index in [-0.39, 0.29) is 18.6 Å². The second-order valence-corrected chi connectivity index (χ2v) is 7.74. The zero-order valence-electron chi connectivity index (χ0n) is 15.3. The fourth-order valence-corrected chi connectivity index (χ4v) is 0.324. The molecule has 4 N–H and O–H groups in total. The van der Waals surface area contributed by atoms with Crippen molar-refractivity contribution in [1.82, 2.24) is 0 Å². The highest BCUT2D eigenvalue weighted by molar-refractivity contribution is 5.74. The zero-order valence-corrected chi connectivity index (χ0v) is 15.3. The molecule has 8 nitrogen and oxygen atoms in total. The number of carbonyl (C=O) groups is 2. The van der Waals surface area contributed by atoms with Gasteiger partial charge in [0.1, 0.15) is 0 Å². The Morgan fingerprint density at radius 1 is 0.696 bits per heavy atom. The minimum atomic E-state index is -0.613. The van der Waals surface area contributed by atoms with E-state index in [1.165, 1.54) is 0 Å². The molecular formula is C15H32O8. The van der Waals surface area contributed by atoms with Gasteiger partial charge in [0.25, 0.3) is 0 Å². The van der Waals surface area contributed by atoms with Crippen LogP contribution in [-0.2, 0) is 19.4 Å². The highest BCUT2D eigenvalue weighted by Gasteiger charge is 2.23. The normalized spacial score (nSPS) is 11.3. The van der Waals surface area contributed by atoms with Gasteiger partial charge in [-0.2, -0.15) is 10.5 Å². The second-order valence-electron chi connectivity index (χ2n) is 7.74. The minimum Gasteiger partial charge on any atom is -0.396 e. The van der Waals surface area contributed by atoms with Gasteiger partial charge in [0.15, 0.2) is 0 Å². The predicted octanol–water partition coefficient (Wildman–Crippen LogP) is 2.09. The number of rotatable bonds is 2. The molecule has 0 aromatic rings. The molecule has 0 aliphatic heterocycles. The van der Waals surface area contributed by atoms with E-state index < -0.39 is 22.8 Å². The lowest BCUT2D eigenvalue weighted by molar-refractivity contribution is -0.243. The Balaban J connectivity index is -0.000000262. The van der Waals surface area contributed by atoms with E-state index in [4.69, 9.17) is 20.7 Å². The monoisotopic (exact) mass is 340 g/mol. The van der Waals surface area contributed by atoms with Crippen molar-refractivity contribution in [3.63, 3.8) is 0 Å². The molecule has 23 heavy (non-hydrogen) atoms. The van der Waals surface area contributed by atoms with Crippen molar-refractivity contribution in [1.29, 1.82) is 0 Å². The Kier molecular flexibility index (Phi) is 13.1. The van der Waals surface area contributed by atoms with Gasteiger partial charge in [-0.1, -0.05) is 13.8 Å².